The minimum absolute atomic E-state index is 0.214. The zero-order valence-corrected chi connectivity index (χ0v) is 13.9. The maximum absolute atomic E-state index is 9.07. The van der Waals surface area contributed by atoms with Gasteiger partial charge in [0.1, 0.15) is 5.82 Å². The smallest absolute Gasteiger partial charge is 0.222 e. The lowest BCUT2D eigenvalue weighted by Gasteiger charge is -2.37. The van der Waals surface area contributed by atoms with Crippen molar-refractivity contribution in [2.24, 2.45) is 5.73 Å². The maximum atomic E-state index is 9.07. The van der Waals surface area contributed by atoms with Gasteiger partial charge in [-0.2, -0.15) is 4.98 Å². The molecule has 0 bridgehead atoms. The van der Waals surface area contributed by atoms with Gasteiger partial charge in [-0.3, -0.25) is 0 Å². The summed E-state index contributed by atoms with van der Waals surface area (Å²) in [5.74, 6) is 1.73. The number of anilines is 2. The van der Waals surface area contributed by atoms with Gasteiger partial charge in [0.25, 0.3) is 0 Å². The van der Waals surface area contributed by atoms with Gasteiger partial charge in [-0.25, -0.2) is 4.98 Å². The van der Waals surface area contributed by atoms with E-state index in [1.807, 2.05) is 0 Å². The summed E-state index contributed by atoms with van der Waals surface area (Å²) in [6, 6.07) is 2.92. The fraction of sp³-hybridized carbons (Fsp3) is 0.750. The summed E-state index contributed by atoms with van der Waals surface area (Å²) in [5, 5.41) is 9.07. The van der Waals surface area contributed by atoms with Crippen LogP contribution in [0.1, 0.15) is 37.3 Å². The Kier molecular flexibility index (Phi) is 4.99. The van der Waals surface area contributed by atoms with Gasteiger partial charge in [-0.1, -0.05) is 0 Å². The fourth-order valence-electron chi connectivity index (χ4n) is 3.62. The van der Waals surface area contributed by atoms with E-state index in [-0.39, 0.29) is 6.61 Å². The van der Waals surface area contributed by atoms with Crippen molar-refractivity contribution in [3.63, 3.8) is 0 Å². The SMILES string of the molecule is CN(CCO)C1CCN(c2cc(C3CC(N)C3)nc(N)n2)CC1. The second kappa shape index (κ2) is 6.98. The largest absolute Gasteiger partial charge is 0.395 e. The highest BCUT2D eigenvalue weighted by Gasteiger charge is 2.30. The van der Waals surface area contributed by atoms with E-state index in [1.165, 1.54) is 0 Å². The first kappa shape index (κ1) is 16.4. The molecule has 2 aliphatic rings. The Bertz CT molecular complexity index is 525. The zero-order chi connectivity index (χ0) is 16.4. The number of nitrogen functional groups attached to an aromatic ring is 1. The topological polar surface area (TPSA) is 105 Å². The maximum Gasteiger partial charge on any atom is 0.222 e. The van der Waals surface area contributed by atoms with Gasteiger partial charge in [0, 0.05) is 43.7 Å². The minimum atomic E-state index is 0.214. The summed E-state index contributed by atoms with van der Waals surface area (Å²) in [6.07, 6.45) is 4.13. The van der Waals surface area contributed by atoms with Gasteiger partial charge in [0.15, 0.2) is 0 Å². The average Bonchev–Trinajstić information content (AvgIpc) is 2.51. The third-order valence-corrected chi connectivity index (χ3v) is 5.21. The van der Waals surface area contributed by atoms with Gasteiger partial charge in [-0.05, 0) is 32.7 Å². The van der Waals surface area contributed by atoms with E-state index in [9.17, 15) is 0 Å². The molecule has 0 radical (unpaired) electrons. The molecule has 0 amide bonds. The second-order valence-corrected chi connectivity index (χ2v) is 6.86. The molecule has 1 aliphatic heterocycles. The van der Waals surface area contributed by atoms with E-state index in [1.54, 1.807) is 0 Å². The first-order chi connectivity index (χ1) is 11.1. The molecule has 3 rings (SSSR count). The molecule has 5 N–H and O–H groups in total. The third-order valence-electron chi connectivity index (χ3n) is 5.21. The number of aromatic nitrogens is 2. The quantitative estimate of drug-likeness (QED) is 0.709. The van der Waals surface area contributed by atoms with E-state index in [2.05, 4.69) is 32.9 Å². The van der Waals surface area contributed by atoms with Crippen LogP contribution < -0.4 is 16.4 Å². The summed E-state index contributed by atoms with van der Waals surface area (Å²) in [7, 11) is 2.08. The molecule has 0 spiro atoms. The number of piperidine rings is 1. The van der Waals surface area contributed by atoms with Crippen molar-refractivity contribution in [3.8, 4) is 0 Å². The van der Waals surface area contributed by atoms with Crippen molar-refractivity contribution in [1.82, 2.24) is 14.9 Å². The Labute approximate surface area is 137 Å². The van der Waals surface area contributed by atoms with Crippen molar-refractivity contribution < 1.29 is 5.11 Å². The molecule has 0 unspecified atom stereocenters. The van der Waals surface area contributed by atoms with E-state index >= 15 is 0 Å². The van der Waals surface area contributed by atoms with Gasteiger partial charge in [-0.15, -0.1) is 0 Å². The molecule has 1 aromatic rings. The first-order valence-corrected chi connectivity index (χ1v) is 8.53. The molecule has 7 heteroatoms. The number of nitrogens with two attached hydrogens (primary N) is 2. The summed E-state index contributed by atoms with van der Waals surface area (Å²) >= 11 is 0. The standard InChI is InChI=1S/C16H28N6O/c1-21(6-7-23)13-2-4-22(5-3-13)15-10-14(19-16(18)20-15)11-8-12(17)9-11/h10-13,23H,2-9,17H2,1H3,(H2,18,19,20). The van der Waals surface area contributed by atoms with Crippen LogP contribution in [0.5, 0.6) is 0 Å². The summed E-state index contributed by atoms with van der Waals surface area (Å²) < 4.78 is 0. The number of hydrogen-bond acceptors (Lipinski definition) is 7. The molecule has 1 aromatic heterocycles. The highest BCUT2D eigenvalue weighted by Crippen LogP contribution is 2.36. The van der Waals surface area contributed by atoms with Crippen molar-refractivity contribution >= 4 is 11.8 Å². The van der Waals surface area contributed by atoms with E-state index < -0.39 is 0 Å². The number of likely N-dealkylation sites (N-methyl/N-ethyl adjacent to an activating group) is 1. The highest BCUT2D eigenvalue weighted by atomic mass is 16.3. The van der Waals surface area contributed by atoms with Gasteiger partial charge in [0.2, 0.25) is 5.95 Å². The number of aliphatic hydroxyl groups excluding tert-OH is 1. The third kappa shape index (κ3) is 3.73. The van der Waals surface area contributed by atoms with Crippen LogP contribution in [0, 0.1) is 0 Å². The van der Waals surface area contributed by atoms with Crippen molar-refractivity contribution in [2.45, 2.75) is 43.7 Å². The number of rotatable bonds is 5. The zero-order valence-electron chi connectivity index (χ0n) is 13.9. The van der Waals surface area contributed by atoms with Crippen LogP contribution >= 0.6 is 0 Å². The van der Waals surface area contributed by atoms with E-state index in [4.69, 9.17) is 16.6 Å². The Morgan fingerprint density at radius 3 is 2.61 bits per heavy atom. The molecule has 2 heterocycles. The Morgan fingerprint density at radius 1 is 1.30 bits per heavy atom. The molecular formula is C16H28N6O. The lowest BCUT2D eigenvalue weighted by Crippen LogP contribution is -2.44. The van der Waals surface area contributed by atoms with E-state index in [0.29, 0.717) is 23.9 Å². The molecule has 0 aromatic carbocycles. The van der Waals surface area contributed by atoms with Crippen LogP contribution in [-0.2, 0) is 0 Å². The average molecular weight is 320 g/mol. The minimum Gasteiger partial charge on any atom is -0.395 e. The number of hydrogen-bond donors (Lipinski definition) is 3. The van der Waals surface area contributed by atoms with Crippen LogP contribution in [-0.4, -0.2) is 65.3 Å². The molecule has 1 aliphatic carbocycles. The van der Waals surface area contributed by atoms with Gasteiger partial charge in [0.05, 0.1) is 12.3 Å². The van der Waals surface area contributed by atoms with Gasteiger partial charge < -0.3 is 26.4 Å². The summed E-state index contributed by atoms with van der Waals surface area (Å²) in [6.45, 7) is 2.87. The molecule has 1 saturated carbocycles. The molecule has 1 saturated heterocycles. The number of aliphatic hydroxyl groups is 1. The Hall–Kier alpha value is -1.44. The molecule has 0 atom stereocenters. The lowest BCUT2D eigenvalue weighted by molar-refractivity contribution is 0.161. The molecule has 2 fully saturated rings. The van der Waals surface area contributed by atoms with Crippen molar-refractivity contribution in [3.05, 3.63) is 11.8 Å². The molecular weight excluding hydrogens is 292 g/mol. The predicted molar refractivity (Wildman–Crippen MR) is 91.3 cm³/mol. The lowest BCUT2D eigenvalue weighted by atomic mass is 9.78. The molecule has 23 heavy (non-hydrogen) atoms. The fourth-order valence-corrected chi connectivity index (χ4v) is 3.62. The van der Waals surface area contributed by atoms with Crippen molar-refractivity contribution in [1.29, 1.82) is 0 Å². The van der Waals surface area contributed by atoms with Crippen LogP contribution in [0.3, 0.4) is 0 Å². The molecule has 128 valence electrons. The van der Waals surface area contributed by atoms with E-state index in [0.717, 1.165) is 56.8 Å². The Balaban J connectivity index is 1.64. The highest BCUT2D eigenvalue weighted by molar-refractivity contribution is 5.45. The summed E-state index contributed by atoms with van der Waals surface area (Å²) in [5.41, 5.74) is 12.8. The first-order valence-electron chi connectivity index (χ1n) is 8.53. The Morgan fingerprint density at radius 2 is 2.00 bits per heavy atom. The van der Waals surface area contributed by atoms with Gasteiger partial charge >= 0.3 is 0 Å². The van der Waals surface area contributed by atoms with Crippen LogP contribution in [0.15, 0.2) is 6.07 Å². The predicted octanol–water partition coefficient (Wildman–Crippen LogP) is 0.156. The second-order valence-electron chi connectivity index (χ2n) is 6.86. The van der Waals surface area contributed by atoms with Crippen molar-refractivity contribution in [2.75, 3.05) is 43.9 Å². The summed E-state index contributed by atoms with van der Waals surface area (Å²) in [4.78, 5) is 13.4. The van der Waals surface area contributed by atoms with Crippen LogP contribution in [0.4, 0.5) is 11.8 Å². The normalized spacial score (nSPS) is 25.7. The molecule has 7 nitrogen and oxygen atoms in total. The monoisotopic (exact) mass is 320 g/mol. The van der Waals surface area contributed by atoms with Crippen LogP contribution in [0.25, 0.3) is 0 Å². The van der Waals surface area contributed by atoms with Crippen LogP contribution in [0.2, 0.25) is 0 Å². The number of nitrogens with zero attached hydrogens (tertiary/aromatic N) is 4.